The van der Waals surface area contributed by atoms with Crippen LogP contribution in [0.3, 0.4) is 0 Å². The number of hydrogen-bond acceptors (Lipinski definition) is 5. The average molecular weight is 489 g/mol. The summed E-state index contributed by atoms with van der Waals surface area (Å²) < 4.78 is 49.7. The van der Waals surface area contributed by atoms with E-state index in [4.69, 9.17) is 20.8 Å². The van der Waals surface area contributed by atoms with Gasteiger partial charge in [-0.05, 0) is 61.5 Å². The number of furan rings is 1. The number of halogens is 4. The summed E-state index contributed by atoms with van der Waals surface area (Å²) in [6.07, 6.45) is -3.09. The molecule has 0 radical (unpaired) electrons. The quantitative estimate of drug-likeness (QED) is 0.323. The predicted octanol–water partition coefficient (Wildman–Crippen LogP) is 6.21. The molecule has 0 unspecified atom stereocenters. The lowest BCUT2D eigenvalue weighted by molar-refractivity contribution is -0.137. The summed E-state index contributed by atoms with van der Waals surface area (Å²) in [5.74, 6) is -0.468. The van der Waals surface area contributed by atoms with Crippen molar-refractivity contribution in [3.63, 3.8) is 0 Å². The fourth-order valence-electron chi connectivity index (χ4n) is 3.35. The van der Waals surface area contributed by atoms with Crippen molar-refractivity contribution in [1.82, 2.24) is 0 Å². The number of carbonyl (C=O) groups excluding carboxylic acids is 2. The van der Waals surface area contributed by atoms with Gasteiger partial charge in [0.05, 0.1) is 40.2 Å². The summed E-state index contributed by atoms with van der Waals surface area (Å²) in [7, 11) is 1.24. The first kappa shape index (κ1) is 23.3. The van der Waals surface area contributed by atoms with E-state index in [1.807, 2.05) is 0 Å². The van der Waals surface area contributed by atoms with E-state index in [0.717, 1.165) is 17.1 Å². The molecule has 0 atom stereocenters. The minimum absolute atomic E-state index is 0.000729. The van der Waals surface area contributed by atoms with Crippen molar-refractivity contribution < 1.29 is 31.9 Å². The molecular weight excluding hydrogens is 473 g/mol. The van der Waals surface area contributed by atoms with E-state index in [9.17, 15) is 22.8 Å². The van der Waals surface area contributed by atoms with E-state index in [-0.39, 0.29) is 21.8 Å². The molecule has 0 bridgehead atoms. The lowest BCUT2D eigenvalue weighted by atomic mass is 10.1. The van der Waals surface area contributed by atoms with Gasteiger partial charge in [0.1, 0.15) is 11.5 Å². The van der Waals surface area contributed by atoms with Crippen LogP contribution in [0.2, 0.25) is 5.02 Å². The number of hydrogen-bond donors (Lipinski definition) is 0. The Morgan fingerprint density at radius 1 is 1.15 bits per heavy atom. The third kappa shape index (κ3) is 4.47. The van der Waals surface area contributed by atoms with Gasteiger partial charge in [0.15, 0.2) is 0 Å². The van der Waals surface area contributed by atoms with Gasteiger partial charge in [-0.15, -0.1) is 0 Å². The molecule has 2 aromatic carbocycles. The Balaban J connectivity index is 1.62. The molecule has 34 heavy (non-hydrogen) atoms. The summed E-state index contributed by atoms with van der Waals surface area (Å²) in [5, 5.41) is 5.26. The van der Waals surface area contributed by atoms with Crippen molar-refractivity contribution in [3.8, 4) is 11.3 Å². The number of anilines is 1. The zero-order valence-corrected chi connectivity index (χ0v) is 18.6. The minimum atomic E-state index is -4.55. The van der Waals surface area contributed by atoms with Crippen molar-refractivity contribution in [1.29, 1.82) is 0 Å². The van der Waals surface area contributed by atoms with Gasteiger partial charge < -0.3 is 9.15 Å². The molecule has 0 aliphatic carbocycles. The lowest BCUT2D eigenvalue weighted by Gasteiger charge is -2.14. The van der Waals surface area contributed by atoms with Crippen molar-refractivity contribution >= 4 is 41.0 Å². The fraction of sp³-hybridized carbons (Fsp3) is 0.125. The van der Waals surface area contributed by atoms with Crippen LogP contribution in [0.5, 0.6) is 0 Å². The summed E-state index contributed by atoms with van der Waals surface area (Å²) >= 11 is 6.05. The normalized spacial score (nSPS) is 15.1. The van der Waals surface area contributed by atoms with Crippen LogP contribution >= 0.6 is 11.6 Å². The molecule has 6 nitrogen and oxygen atoms in total. The van der Waals surface area contributed by atoms with E-state index in [2.05, 4.69) is 5.10 Å². The first-order chi connectivity index (χ1) is 16.1. The topological polar surface area (TPSA) is 72.1 Å². The third-order valence-electron chi connectivity index (χ3n) is 5.05. The van der Waals surface area contributed by atoms with Gasteiger partial charge in [-0.25, -0.2) is 4.79 Å². The van der Waals surface area contributed by atoms with E-state index in [1.54, 1.807) is 25.1 Å². The Bertz CT molecular complexity index is 1360. The van der Waals surface area contributed by atoms with Crippen LogP contribution in [0.4, 0.5) is 18.9 Å². The average Bonchev–Trinajstić information content (AvgIpc) is 3.38. The maximum Gasteiger partial charge on any atom is 0.416 e. The number of hydrazone groups is 1. The number of ether oxygens (including phenoxy) is 1. The van der Waals surface area contributed by atoms with Crippen LogP contribution in [-0.2, 0) is 15.7 Å². The number of nitrogens with zero attached hydrogens (tertiary/aromatic N) is 2. The molecule has 1 aliphatic heterocycles. The van der Waals surface area contributed by atoms with Crippen molar-refractivity contribution in [3.05, 3.63) is 82.1 Å². The molecule has 0 N–H and O–H groups in total. The molecule has 0 saturated heterocycles. The fourth-order valence-corrected chi connectivity index (χ4v) is 3.54. The van der Waals surface area contributed by atoms with Gasteiger partial charge in [-0.2, -0.15) is 23.3 Å². The largest absolute Gasteiger partial charge is 0.465 e. The summed E-state index contributed by atoms with van der Waals surface area (Å²) in [4.78, 5) is 24.8. The van der Waals surface area contributed by atoms with Crippen LogP contribution in [0.15, 0.2) is 69.7 Å². The highest BCUT2D eigenvalue weighted by Gasteiger charge is 2.33. The zero-order valence-electron chi connectivity index (χ0n) is 17.8. The maximum absolute atomic E-state index is 13.1. The monoisotopic (exact) mass is 488 g/mol. The smallest absolute Gasteiger partial charge is 0.416 e. The second-order valence-electron chi connectivity index (χ2n) is 7.30. The number of esters is 1. The molecule has 0 spiro atoms. The molecule has 4 rings (SSSR count). The van der Waals surface area contributed by atoms with Crippen LogP contribution < -0.4 is 5.01 Å². The van der Waals surface area contributed by atoms with Crippen molar-refractivity contribution in [2.45, 2.75) is 13.1 Å². The summed E-state index contributed by atoms with van der Waals surface area (Å²) in [5.41, 5.74) is 0.337. The van der Waals surface area contributed by atoms with Crippen LogP contribution in [0, 0.1) is 0 Å². The SMILES string of the molecule is COC(=O)c1cc(-c2ccc(/C=C3/C(=O)N(c4cccc(C(F)(F)F)c4)N=C3C)o2)ccc1Cl. The Kier molecular flexibility index (Phi) is 6.05. The molecule has 1 aromatic heterocycles. The summed E-state index contributed by atoms with van der Waals surface area (Å²) in [6, 6.07) is 12.3. The van der Waals surface area contributed by atoms with Gasteiger partial charge in [0, 0.05) is 5.56 Å². The molecular formula is C24H16ClF3N2O4. The van der Waals surface area contributed by atoms with Gasteiger partial charge in [-0.3, -0.25) is 4.79 Å². The number of alkyl halides is 3. The molecule has 3 aromatic rings. The van der Waals surface area contributed by atoms with Gasteiger partial charge in [0.2, 0.25) is 0 Å². The summed E-state index contributed by atoms with van der Waals surface area (Å²) in [6.45, 7) is 1.57. The van der Waals surface area contributed by atoms with Crippen LogP contribution in [0.25, 0.3) is 17.4 Å². The second-order valence-corrected chi connectivity index (χ2v) is 7.70. The van der Waals surface area contributed by atoms with Gasteiger partial charge in [0.25, 0.3) is 5.91 Å². The Morgan fingerprint density at radius 3 is 2.62 bits per heavy atom. The number of benzene rings is 2. The Hall–Kier alpha value is -3.85. The van der Waals surface area contributed by atoms with Crippen LogP contribution in [0.1, 0.15) is 28.6 Å². The number of carbonyl (C=O) groups is 2. The number of amides is 1. The number of rotatable bonds is 4. The van der Waals surface area contributed by atoms with Crippen molar-refractivity contribution in [2.24, 2.45) is 5.10 Å². The molecule has 0 saturated carbocycles. The molecule has 10 heteroatoms. The van der Waals surface area contributed by atoms with Crippen molar-refractivity contribution in [2.75, 3.05) is 12.1 Å². The number of methoxy groups -OCH3 is 1. The van der Waals surface area contributed by atoms with E-state index >= 15 is 0 Å². The first-order valence-corrected chi connectivity index (χ1v) is 10.2. The standard InChI is InChI=1S/C24H16ClF3N2O4/c1-13-18(22(31)30(29-13)16-5-3-4-15(11-16)24(26,27)28)12-17-7-9-21(34-17)14-6-8-20(25)19(10-14)23(32)33-2/h3-12H,1-2H3/b18-12+. The zero-order chi connectivity index (χ0) is 24.6. The second kappa shape index (κ2) is 8.83. The van der Waals surface area contributed by atoms with Crippen LogP contribution in [-0.4, -0.2) is 24.7 Å². The highest BCUT2D eigenvalue weighted by atomic mass is 35.5. The Labute approximate surface area is 196 Å². The molecule has 2 heterocycles. The van der Waals surface area contributed by atoms with Gasteiger partial charge in [-0.1, -0.05) is 17.7 Å². The molecule has 1 aliphatic rings. The van der Waals surface area contributed by atoms with Gasteiger partial charge >= 0.3 is 12.1 Å². The van der Waals surface area contributed by atoms with E-state index < -0.39 is 23.6 Å². The lowest BCUT2D eigenvalue weighted by Crippen LogP contribution is -2.21. The highest BCUT2D eigenvalue weighted by molar-refractivity contribution is 6.33. The van der Waals surface area contributed by atoms with E-state index in [1.165, 1.54) is 37.5 Å². The minimum Gasteiger partial charge on any atom is -0.465 e. The Morgan fingerprint density at radius 2 is 1.91 bits per heavy atom. The first-order valence-electron chi connectivity index (χ1n) is 9.85. The third-order valence-corrected chi connectivity index (χ3v) is 5.38. The maximum atomic E-state index is 13.1. The highest BCUT2D eigenvalue weighted by Crippen LogP contribution is 2.34. The molecule has 0 fully saturated rings. The molecule has 174 valence electrons. The molecule has 1 amide bonds. The van der Waals surface area contributed by atoms with E-state index in [0.29, 0.717) is 22.8 Å². The predicted molar refractivity (Wildman–Crippen MR) is 121 cm³/mol.